The van der Waals surface area contributed by atoms with Gasteiger partial charge in [-0.25, -0.2) is 4.98 Å². The summed E-state index contributed by atoms with van der Waals surface area (Å²) in [5.41, 5.74) is 4.89. The molecule has 1 N–H and O–H groups in total. The maximum absolute atomic E-state index is 12.7. The van der Waals surface area contributed by atoms with Crippen molar-refractivity contribution in [2.24, 2.45) is 0 Å². The third-order valence-electron chi connectivity index (χ3n) is 4.91. The lowest BCUT2D eigenvalue weighted by molar-refractivity contribution is -0.117. The van der Waals surface area contributed by atoms with Crippen LogP contribution in [0.1, 0.15) is 41.0 Å². The molecule has 0 bridgehead atoms. The number of hydrogen-bond donors (Lipinski definition) is 1. The molecule has 0 saturated heterocycles. The highest BCUT2D eigenvalue weighted by Gasteiger charge is 2.16. The van der Waals surface area contributed by atoms with E-state index >= 15 is 0 Å². The van der Waals surface area contributed by atoms with E-state index < -0.39 is 0 Å². The van der Waals surface area contributed by atoms with Crippen LogP contribution in [0.3, 0.4) is 0 Å². The molecule has 0 aliphatic heterocycles. The lowest BCUT2D eigenvalue weighted by Gasteiger charge is -2.13. The van der Waals surface area contributed by atoms with Crippen LogP contribution in [0.25, 0.3) is 11.9 Å². The molecule has 0 radical (unpaired) electrons. The summed E-state index contributed by atoms with van der Waals surface area (Å²) < 4.78 is 2.02. The van der Waals surface area contributed by atoms with E-state index in [1.165, 1.54) is 0 Å². The molecule has 0 aliphatic carbocycles. The molecule has 29 heavy (non-hydrogen) atoms. The summed E-state index contributed by atoms with van der Waals surface area (Å²) in [6, 6.07) is 17.4. The van der Waals surface area contributed by atoms with Gasteiger partial charge >= 0.3 is 0 Å². The first-order chi connectivity index (χ1) is 13.9. The molecule has 3 rings (SSSR count). The van der Waals surface area contributed by atoms with E-state index in [-0.39, 0.29) is 17.5 Å². The predicted octanol–water partition coefficient (Wildman–Crippen LogP) is 4.58. The molecule has 1 amide bonds. The summed E-state index contributed by atoms with van der Waals surface area (Å²) >= 11 is 0. The first kappa shape index (κ1) is 20.1. The molecule has 2 heterocycles. The molecular weight excluding hydrogens is 360 g/mol. The number of nitrogens with one attached hydrogen (secondary N) is 1. The number of hydrogen-bond acceptors (Lipinski definition) is 3. The van der Waals surface area contributed by atoms with Gasteiger partial charge in [-0.3, -0.25) is 4.79 Å². The van der Waals surface area contributed by atoms with Crippen molar-refractivity contribution in [3.8, 4) is 11.9 Å². The van der Waals surface area contributed by atoms with Crippen molar-refractivity contribution < 1.29 is 4.79 Å². The normalized spacial score (nSPS) is 12.3. The van der Waals surface area contributed by atoms with Crippen LogP contribution in [0.5, 0.6) is 0 Å². The first-order valence-electron chi connectivity index (χ1n) is 9.50. The Morgan fingerprint density at radius 1 is 1.17 bits per heavy atom. The molecule has 2 aromatic heterocycles. The fraction of sp³-hybridized carbons (Fsp3) is 0.208. The Morgan fingerprint density at radius 2 is 1.90 bits per heavy atom. The van der Waals surface area contributed by atoms with Crippen molar-refractivity contribution in [3.63, 3.8) is 0 Å². The number of benzene rings is 1. The molecule has 0 unspecified atom stereocenters. The largest absolute Gasteiger partial charge is 0.345 e. The molecule has 0 saturated carbocycles. The Morgan fingerprint density at radius 3 is 2.52 bits per heavy atom. The van der Waals surface area contributed by atoms with E-state index in [2.05, 4.69) is 10.3 Å². The van der Waals surface area contributed by atoms with Crippen molar-refractivity contribution in [2.75, 3.05) is 0 Å². The zero-order valence-corrected chi connectivity index (χ0v) is 17.1. The minimum Gasteiger partial charge on any atom is -0.345 e. The number of amides is 1. The summed E-state index contributed by atoms with van der Waals surface area (Å²) in [5, 5.41) is 12.5. The molecule has 146 valence electrons. The highest BCUT2D eigenvalue weighted by molar-refractivity contribution is 6.02. The number of aryl methyl sites for hydroxylation is 2. The van der Waals surface area contributed by atoms with Crippen LogP contribution >= 0.6 is 0 Å². The number of nitrogens with zero attached hydrogens (tertiary/aromatic N) is 3. The Labute approximate surface area is 171 Å². The zero-order chi connectivity index (χ0) is 21.0. The highest BCUT2D eigenvalue weighted by atomic mass is 16.1. The third-order valence-corrected chi connectivity index (χ3v) is 4.91. The van der Waals surface area contributed by atoms with Gasteiger partial charge in [0.25, 0.3) is 5.91 Å². The number of pyridine rings is 1. The number of rotatable bonds is 5. The van der Waals surface area contributed by atoms with Crippen molar-refractivity contribution in [2.45, 2.75) is 33.7 Å². The molecule has 0 spiro atoms. The maximum atomic E-state index is 12.7. The average Bonchev–Trinajstić information content (AvgIpc) is 3.00. The van der Waals surface area contributed by atoms with E-state index in [1.54, 1.807) is 6.08 Å². The maximum Gasteiger partial charge on any atom is 0.262 e. The SMILES string of the molecule is Cc1ccc(-n2c(C)cc(/C=C(/C#N)C(=O)N[C@@H](C)c3ccccc3)c2C)nc1. The molecule has 0 aliphatic rings. The summed E-state index contributed by atoms with van der Waals surface area (Å²) in [6.45, 7) is 7.83. The van der Waals surface area contributed by atoms with Crippen molar-refractivity contribution in [1.82, 2.24) is 14.9 Å². The standard InChI is InChI=1S/C24H24N4O/c1-16-10-11-23(26-15-16)28-17(2)12-21(19(28)4)13-22(14-25)24(29)27-18(3)20-8-6-5-7-9-20/h5-13,15,18H,1-4H3,(H,27,29)/b22-13-/t18-/m0/s1. The lowest BCUT2D eigenvalue weighted by Crippen LogP contribution is -2.27. The molecule has 1 atom stereocenters. The van der Waals surface area contributed by atoms with Crippen LogP contribution in [0.2, 0.25) is 0 Å². The number of carbonyl (C=O) groups is 1. The van der Waals surface area contributed by atoms with E-state index in [1.807, 2.05) is 93.1 Å². The van der Waals surface area contributed by atoms with E-state index in [4.69, 9.17) is 0 Å². The van der Waals surface area contributed by atoms with Crippen LogP contribution in [0, 0.1) is 32.1 Å². The number of nitriles is 1. The van der Waals surface area contributed by atoms with Crippen molar-refractivity contribution in [3.05, 3.63) is 88.4 Å². The van der Waals surface area contributed by atoms with Gasteiger partial charge in [0.1, 0.15) is 17.5 Å². The Bertz CT molecular complexity index is 1090. The summed E-state index contributed by atoms with van der Waals surface area (Å²) in [6.07, 6.45) is 3.46. The van der Waals surface area contributed by atoms with Gasteiger partial charge in [0, 0.05) is 17.6 Å². The average molecular weight is 384 g/mol. The quantitative estimate of drug-likeness (QED) is 0.517. The van der Waals surface area contributed by atoms with Gasteiger partial charge in [0.15, 0.2) is 0 Å². The third kappa shape index (κ3) is 4.44. The van der Waals surface area contributed by atoms with Gasteiger partial charge in [-0.05, 0) is 62.6 Å². The topological polar surface area (TPSA) is 70.7 Å². The van der Waals surface area contributed by atoms with Crippen molar-refractivity contribution in [1.29, 1.82) is 5.26 Å². The Kier molecular flexibility index (Phi) is 5.94. The van der Waals surface area contributed by atoms with Crippen LogP contribution in [-0.2, 0) is 4.79 Å². The Balaban J connectivity index is 1.88. The fourth-order valence-corrected chi connectivity index (χ4v) is 3.28. The van der Waals surface area contributed by atoms with Crippen molar-refractivity contribution >= 4 is 12.0 Å². The van der Waals surface area contributed by atoms with Gasteiger partial charge in [-0.1, -0.05) is 36.4 Å². The number of aromatic nitrogens is 2. The monoisotopic (exact) mass is 384 g/mol. The minimum atomic E-state index is -0.387. The van der Waals surface area contributed by atoms with Crippen LogP contribution in [0.15, 0.2) is 60.3 Å². The zero-order valence-electron chi connectivity index (χ0n) is 17.1. The second-order valence-corrected chi connectivity index (χ2v) is 7.13. The highest BCUT2D eigenvalue weighted by Crippen LogP contribution is 2.22. The predicted molar refractivity (Wildman–Crippen MR) is 114 cm³/mol. The second kappa shape index (κ2) is 8.57. The van der Waals surface area contributed by atoms with E-state index in [0.29, 0.717) is 0 Å². The van der Waals surface area contributed by atoms with Gasteiger partial charge in [-0.15, -0.1) is 0 Å². The smallest absolute Gasteiger partial charge is 0.262 e. The number of carbonyl (C=O) groups excluding carboxylic acids is 1. The van der Waals surface area contributed by atoms with Crippen LogP contribution in [0.4, 0.5) is 0 Å². The summed E-state index contributed by atoms with van der Waals surface area (Å²) in [5.74, 6) is 0.424. The summed E-state index contributed by atoms with van der Waals surface area (Å²) in [4.78, 5) is 17.1. The molecule has 5 heteroatoms. The van der Waals surface area contributed by atoms with E-state index in [0.717, 1.165) is 33.9 Å². The van der Waals surface area contributed by atoms with E-state index in [9.17, 15) is 10.1 Å². The summed E-state index contributed by atoms with van der Waals surface area (Å²) in [7, 11) is 0. The minimum absolute atomic E-state index is 0.0740. The molecular formula is C24H24N4O. The van der Waals surface area contributed by atoms with Gasteiger partial charge in [0.05, 0.1) is 6.04 Å². The molecule has 5 nitrogen and oxygen atoms in total. The molecule has 1 aromatic carbocycles. The molecule has 0 fully saturated rings. The van der Waals surface area contributed by atoms with Gasteiger partial charge < -0.3 is 9.88 Å². The first-order valence-corrected chi connectivity index (χ1v) is 9.50. The Hall–Kier alpha value is -3.65. The lowest BCUT2D eigenvalue weighted by atomic mass is 10.1. The van der Waals surface area contributed by atoms with Gasteiger partial charge in [0.2, 0.25) is 0 Å². The van der Waals surface area contributed by atoms with Crippen LogP contribution < -0.4 is 5.32 Å². The fourth-order valence-electron chi connectivity index (χ4n) is 3.28. The van der Waals surface area contributed by atoms with Crippen LogP contribution in [-0.4, -0.2) is 15.5 Å². The van der Waals surface area contributed by atoms with Gasteiger partial charge in [-0.2, -0.15) is 5.26 Å². The second-order valence-electron chi connectivity index (χ2n) is 7.13. The molecule has 3 aromatic rings.